The van der Waals surface area contributed by atoms with Gasteiger partial charge in [0, 0.05) is 6.42 Å². The molecule has 0 unspecified atom stereocenters. The summed E-state index contributed by atoms with van der Waals surface area (Å²) in [5.74, 6) is -2.79. The molecule has 0 spiro atoms. The Bertz CT molecular complexity index is 1140. The highest BCUT2D eigenvalue weighted by atomic mass is 16.6. The molecule has 0 radical (unpaired) electrons. The van der Waals surface area contributed by atoms with Gasteiger partial charge in [-0.05, 0) is 31.9 Å². The van der Waals surface area contributed by atoms with Crippen LogP contribution in [0.4, 0.5) is 4.79 Å². The predicted octanol–water partition coefficient (Wildman–Crippen LogP) is 1.90. The van der Waals surface area contributed by atoms with Gasteiger partial charge in [-0.3, -0.25) is 15.3 Å². The molecule has 2 rings (SSSR count). The lowest BCUT2D eigenvalue weighted by Gasteiger charge is -2.32. The molecule has 37 heavy (non-hydrogen) atoms. The Morgan fingerprint density at radius 2 is 1.57 bits per heavy atom. The van der Waals surface area contributed by atoms with Crippen LogP contribution >= 0.6 is 0 Å². The number of Topliss-reactive ketones (excluding diaryl/α,β-unsaturated/α-hetero) is 1. The Labute approximate surface area is 214 Å². The summed E-state index contributed by atoms with van der Waals surface area (Å²) in [5.41, 5.74) is 13.0. The zero-order valence-electron chi connectivity index (χ0n) is 21.0. The maximum Gasteiger partial charge on any atom is 0.408 e. The number of alkyl carbamates (subject to hydrolysis) is 1. The van der Waals surface area contributed by atoms with Crippen molar-refractivity contribution < 1.29 is 33.4 Å². The van der Waals surface area contributed by atoms with Crippen LogP contribution in [0.25, 0.3) is 5.53 Å². The first-order chi connectivity index (χ1) is 17.4. The molecule has 4 N–H and O–H groups in total. The highest BCUT2D eigenvalue weighted by Crippen LogP contribution is 2.15. The SMILES string of the molecule is CC(C)(C)OC(=O)[C@](N)(CC(=O)C=[N+]=[N-])NC(=O)[C@H](Cc1ccccc1)NC(=O)OCc1ccccc1. The van der Waals surface area contributed by atoms with Gasteiger partial charge in [0.2, 0.25) is 11.7 Å². The van der Waals surface area contributed by atoms with Crippen LogP contribution in [-0.4, -0.2) is 52.1 Å². The molecule has 0 aliphatic heterocycles. The van der Waals surface area contributed by atoms with Crippen molar-refractivity contribution in [1.29, 1.82) is 0 Å². The van der Waals surface area contributed by atoms with E-state index in [1.165, 1.54) is 0 Å². The highest BCUT2D eigenvalue weighted by molar-refractivity contribution is 6.26. The van der Waals surface area contributed by atoms with E-state index in [1.807, 2.05) is 6.07 Å². The Balaban J connectivity index is 2.25. The van der Waals surface area contributed by atoms with Crippen LogP contribution in [0.5, 0.6) is 0 Å². The molecule has 2 atom stereocenters. The molecule has 0 bridgehead atoms. The van der Waals surface area contributed by atoms with E-state index in [4.69, 9.17) is 20.7 Å². The molecule has 2 aromatic carbocycles. The topological polar surface area (TPSA) is 173 Å². The molecule has 2 aromatic rings. The van der Waals surface area contributed by atoms with E-state index in [1.54, 1.807) is 75.4 Å². The second-order valence-corrected chi connectivity index (χ2v) is 9.30. The molecule has 2 amide bonds. The standard InChI is InChI=1S/C26H31N5O6/c1-25(2,3)37-23(34)26(27,15-20(32)16-29-28)31-22(33)21(14-18-10-6-4-7-11-18)30-24(35)36-17-19-12-8-5-9-13-19/h4-13,16,21H,14-15,17,27H2,1-3H3,(H,30,35)(H,31,33)/t21-,26-/m0/s1. The molecule has 0 fully saturated rings. The maximum absolute atomic E-state index is 13.3. The molecule has 196 valence electrons. The van der Waals surface area contributed by atoms with Gasteiger partial charge in [-0.15, -0.1) is 0 Å². The van der Waals surface area contributed by atoms with Gasteiger partial charge in [-0.2, -0.15) is 4.79 Å². The number of esters is 1. The fourth-order valence-corrected chi connectivity index (χ4v) is 3.19. The number of hydrogen-bond acceptors (Lipinski definition) is 7. The van der Waals surface area contributed by atoms with E-state index >= 15 is 0 Å². The van der Waals surface area contributed by atoms with Gasteiger partial charge in [0.15, 0.2) is 5.66 Å². The van der Waals surface area contributed by atoms with Crippen molar-refractivity contribution in [2.75, 3.05) is 0 Å². The molecule has 0 heterocycles. The average molecular weight is 510 g/mol. The maximum atomic E-state index is 13.3. The van der Waals surface area contributed by atoms with Gasteiger partial charge in [0.05, 0.1) is 6.42 Å². The second-order valence-electron chi connectivity index (χ2n) is 9.30. The second kappa shape index (κ2) is 13.1. The molecule has 11 nitrogen and oxygen atoms in total. The first-order valence-corrected chi connectivity index (χ1v) is 11.5. The number of amides is 2. The Kier molecular flexibility index (Phi) is 10.2. The summed E-state index contributed by atoms with van der Waals surface area (Å²) in [5, 5.41) is 4.83. The minimum Gasteiger partial charge on any atom is -0.457 e. The van der Waals surface area contributed by atoms with Gasteiger partial charge in [-0.1, -0.05) is 60.7 Å². The average Bonchev–Trinajstić information content (AvgIpc) is 2.82. The number of rotatable bonds is 11. The smallest absolute Gasteiger partial charge is 0.408 e. The Morgan fingerprint density at radius 1 is 1.00 bits per heavy atom. The molecule has 0 aromatic heterocycles. The summed E-state index contributed by atoms with van der Waals surface area (Å²) >= 11 is 0. The fraction of sp³-hybridized carbons (Fsp3) is 0.346. The third-order valence-corrected chi connectivity index (χ3v) is 4.87. The minimum absolute atomic E-state index is 0.0277. The largest absolute Gasteiger partial charge is 0.457 e. The van der Waals surface area contributed by atoms with Gasteiger partial charge in [-0.25, -0.2) is 9.59 Å². The summed E-state index contributed by atoms with van der Waals surface area (Å²) in [4.78, 5) is 53.5. The minimum atomic E-state index is -2.31. The van der Waals surface area contributed by atoms with Crippen molar-refractivity contribution in [3.63, 3.8) is 0 Å². The summed E-state index contributed by atoms with van der Waals surface area (Å²) in [6, 6.07) is 16.6. The van der Waals surface area contributed by atoms with Crippen LogP contribution in [-0.2, 0) is 36.9 Å². The van der Waals surface area contributed by atoms with Crippen LogP contribution < -0.4 is 16.4 Å². The van der Waals surface area contributed by atoms with Gasteiger partial charge < -0.3 is 25.6 Å². The van der Waals surface area contributed by atoms with Crippen molar-refractivity contribution in [1.82, 2.24) is 10.6 Å². The summed E-state index contributed by atoms with van der Waals surface area (Å²) in [7, 11) is 0. The fourth-order valence-electron chi connectivity index (χ4n) is 3.19. The predicted molar refractivity (Wildman–Crippen MR) is 134 cm³/mol. The molecule has 0 saturated heterocycles. The normalized spacial score (nSPS) is 13.2. The number of nitrogens with two attached hydrogens (primary N) is 1. The quantitative estimate of drug-likeness (QED) is 0.136. The van der Waals surface area contributed by atoms with Crippen LogP contribution in [0.15, 0.2) is 60.7 Å². The summed E-state index contributed by atoms with van der Waals surface area (Å²) in [6.07, 6.45) is -1.04. The van der Waals surface area contributed by atoms with E-state index in [0.29, 0.717) is 11.8 Å². The third-order valence-electron chi connectivity index (χ3n) is 4.87. The lowest BCUT2D eigenvalue weighted by molar-refractivity contribution is -0.165. The lowest BCUT2D eigenvalue weighted by Crippen LogP contribution is -2.66. The number of nitrogens with one attached hydrogen (secondary N) is 2. The molecule has 11 heteroatoms. The molecule has 0 aliphatic rings. The van der Waals surface area contributed by atoms with E-state index < -0.39 is 47.5 Å². The van der Waals surface area contributed by atoms with Crippen LogP contribution in [0.3, 0.4) is 0 Å². The van der Waals surface area contributed by atoms with E-state index in [-0.39, 0.29) is 13.0 Å². The zero-order chi connectivity index (χ0) is 27.5. The number of hydrogen-bond donors (Lipinski definition) is 3. The third kappa shape index (κ3) is 10.0. The van der Waals surface area contributed by atoms with E-state index in [0.717, 1.165) is 5.56 Å². The van der Waals surface area contributed by atoms with Gasteiger partial charge in [0.25, 0.3) is 0 Å². The van der Waals surface area contributed by atoms with Crippen molar-refractivity contribution in [2.45, 2.75) is 57.5 Å². The van der Waals surface area contributed by atoms with E-state index in [9.17, 15) is 19.2 Å². The Hall–Kier alpha value is -4.34. The van der Waals surface area contributed by atoms with Crippen molar-refractivity contribution in [3.8, 4) is 0 Å². The zero-order valence-corrected chi connectivity index (χ0v) is 21.0. The molecule has 0 aliphatic carbocycles. The van der Waals surface area contributed by atoms with Crippen molar-refractivity contribution in [3.05, 3.63) is 77.3 Å². The number of ketones is 1. The number of carbonyl (C=O) groups excluding carboxylic acids is 4. The van der Waals surface area contributed by atoms with E-state index in [2.05, 4.69) is 15.4 Å². The summed E-state index contributed by atoms with van der Waals surface area (Å²) < 4.78 is 10.5. The van der Waals surface area contributed by atoms with Gasteiger partial charge in [0.1, 0.15) is 18.2 Å². The first kappa shape index (κ1) is 28.9. The molecular weight excluding hydrogens is 478 g/mol. The first-order valence-electron chi connectivity index (χ1n) is 11.5. The van der Waals surface area contributed by atoms with Gasteiger partial charge >= 0.3 is 18.3 Å². The van der Waals surface area contributed by atoms with Crippen molar-refractivity contribution in [2.24, 2.45) is 5.73 Å². The highest BCUT2D eigenvalue weighted by Gasteiger charge is 2.43. The monoisotopic (exact) mass is 509 g/mol. The lowest BCUT2D eigenvalue weighted by atomic mass is 10.0. The number of ether oxygens (including phenoxy) is 2. The summed E-state index contributed by atoms with van der Waals surface area (Å²) in [6.45, 7) is 4.74. The van der Waals surface area contributed by atoms with Crippen LogP contribution in [0, 0.1) is 0 Å². The number of nitrogens with zero attached hydrogens (tertiary/aromatic N) is 2. The molecule has 0 saturated carbocycles. The van der Waals surface area contributed by atoms with Crippen molar-refractivity contribution >= 4 is 30.0 Å². The van der Waals surface area contributed by atoms with Crippen LogP contribution in [0.2, 0.25) is 0 Å². The number of carbonyl (C=O) groups is 4. The van der Waals surface area contributed by atoms with Crippen LogP contribution in [0.1, 0.15) is 38.3 Å². The number of benzene rings is 2. The molecular formula is C26H31N5O6. The Morgan fingerprint density at radius 3 is 2.11 bits per heavy atom.